The van der Waals surface area contributed by atoms with Gasteiger partial charge in [-0.1, -0.05) is 23.7 Å². The maximum Gasteiger partial charge on any atom is 0.269 e. The molecule has 0 radical (unpaired) electrons. The molecule has 0 amide bonds. The molecule has 9 heteroatoms. The Hall–Kier alpha value is -3.83. The van der Waals surface area contributed by atoms with Crippen molar-refractivity contribution in [2.75, 3.05) is 0 Å². The van der Waals surface area contributed by atoms with Crippen LogP contribution in [0.4, 0.5) is 5.69 Å². The van der Waals surface area contributed by atoms with E-state index in [4.69, 9.17) is 22.1 Å². The number of halogens is 1. The lowest BCUT2D eigenvalue weighted by Crippen LogP contribution is -2.28. The molecule has 138 valence electrons. The van der Waals surface area contributed by atoms with Gasteiger partial charge in [-0.25, -0.2) is 0 Å². The molecule has 1 aliphatic heterocycles. The van der Waals surface area contributed by atoms with Crippen molar-refractivity contribution in [3.8, 4) is 11.8 Å². The molecule has 0 fully saturated rings. The van der Waals surface area contributed by atoms with E-state index >= 15 is 0 Å². The van der Waals surface area contributed by atoms with E-state index in [1.165, 1.54) is 18.2 Å². The van der Waals surface area contributed by atoms with Crippen molar-refractivity contribution in [2.45, 2.75) is 5.92 Å². The molecule has 1 atom stereocenters. The normalized spacial score (nSPS) is 15.6. The number of ether oxygens (including phenoxy) is 1. The average molecular weight is 395 g/mol. The Kier molecular flexibility index (Phi) is 4.02. The van der Waals surface area contributed by atoms with Crippen LogP contribution in [-0.4, -0.2) is 9.91 Å². The Morgan fingerprint density at radius 1 is 1.29 bits per heavy atom. The summed E-state index contributed by atoms with van der Waals surface area (Å²) >= 11 is 6.29. The van der Waals surface area contributed by atoms with Crippen LogP contribution in [-0.2, 0) is 0 Å². The molecule has 3 N–H and O–H groups in total. The van der Waals surface area contributed by atoms with Gasteiger partial charge in [0.2, 0.25) is 5.88 Å². The maximum atomic E-state index is 12.9. The largest absolute Gasteiger partial charge is 0.439 e. The SMILES string of the molecule is N#CC1=C(N)Oc2c(c(=O)[nH]c3ccccc23)[C@@H]1c1cc([N+](=O)[O-])ccc1Cl. The van der Waals surface area contributed by atoms with Crippen LogP contribution >= 0.6 is 11.6 Å². The van der Waals surface area contributed by atoms with Crippen molar-refractivity contribution in [2.24, 2.45) is 5.73 Å². The number of nitro benzene ring substituents is 1. The molecule has 3 aromatic rings. The van der Waals surface area contributed by atoms with Crippen molar-refractivity contribution >= 4 is 28.2 Å². The van der Waals surface area contributed by atoms with E-state index in [-0.39, 0.29) is 39.0 Å². The summed E-state index contributed by atoms with van der Waals surface area (Å²) < 4.78 is 5.64. The number of hydrogen-bond acceptors (Lipinski definition) is 6. The molecule has 0 aliphatic carbocycles. The number of aromatic amines is 1. The molecule has 1 aromatic heterocycles. The summed E-state index contributed by atoms with van der Waals surface area (Å²) in [6, 6.07) is 12.7. The van der Waals surface area contributed by atoms with Gasteiger partial charge in [0.05, 0.1) is 21.9 Å². The maximum absolute atomic E-state index is 12.9. The van der Waals surface area contributed by atoms with Gasteiger partial charge < -0.3 is 15.5 Å². The van der Waals surface area contributed by atoms with Crippen LogP contribution in [0.2, 0.25) is 5.02 Å². The molecule has 1 aliphatic rings. The van der Waals surface area contributed by atoms with Gasteiger partial charge in [0.25, 0.3) is 11.2 Å². The Labute approximate surface area is 162 Å². The summed E-state index contributed by atoms with van der Waals surface area (Å²) in [7, 11) is 0. The van der Waals surface area contributed by atoms with E-state index in [2.05, 4.69) is 4.98 Å². The van der Waals surface area contributed by atoms with Gasteiger partial charge in [0, 0.05) is 22.5 Å². The summed E-state index contributed by atoms with van der Waals surface area (Å²) in [5, 5.41) is 21.6. The van der Waals surface area contributed by atoms with Crippen LogP contribution in [0.15, 0.2) is 58.7 Å². The van der Waals surface area contributed by atoms with Gasteiger partial charge in [0.15, 0.2) is 0 Å². The molecule has 28 heavy (non-hydrogen) atoms. The fraction of sp³-hybridized carbons (Fsp3) is 0.0526. The second-order valence-electron chi connectivity index (χ2n) is 6.13. The Balaban J connectivity index is 2.10. The van der Waals surface area contributed by atoms with Crippen LogP contribution in [0.1, 0.15) is 17.0 Å². The molecular weight excluding hydrogens is 384 g/mol. The molecule has 0 saturated carbocycles. The lowest BCUT2D eigenvalue weighted by molar-refractivity contribution is -0.384. The van der Waals surface area contributed by atoms with E-state index in [1.807, 2.05) is 6.07 Å². The topological polar surface area (TPSA) is 135 Å². The van der Waals surface area contributed by atoms with Crippen LogP contribution in [0, 0.1) is 21.4 Å². The van der Waals surface area contributed by atoms with Crippen LogP contribution in [0.3, 0.4) is 0 Å². The van der Waals surface area contributed by atoms with Gasteiger partial charge in [-0.3, -0.25) is 14.9 Å². The number of H-pyrrole nitrogens is 1. The molecule has 2 aromatic carbocycles. The highest BCUT2D eigenvalue weighted by Crippen LogP contribution is 2.45. The van der Waals surface area contributed by atoms with Gasteiger partial charge >= 0.3 is 0 Å². The van der Waals surface area contributed by atoms with E-state index < -0.39 is 16.4 Å². The Morgan fingerprint density at radius 2 is 2.04 bits per heavy atom. The number of nitrogens with two attached hydrogens (primary N) is 1. The number of pyridine rings is 1. The van der Waals surface area contributed by atoms with Crippen molar-refractivity contribution in [1.82, 2.24) is 4.98 Å². The third kappa shape index (κ3) is 2.57. The van der Waals surface area contributed by atoms with E-state index in [0.29, 0.717) is 10.9 Å². The third-order valence-corrected chi connectivity index (χ3v) is 4.93. The quantitative estimate of drug-likeness (QED) is 0.505. The average Bonchev–Trinajstić information content (AvgIpc) is 2.67. The van der Waals surface area contributed by atoms with E-state index in [0.717, 1.165) is 0 Å². The highest BCUT2D eigenvalue weighted by molar-refractivity contribution is 6.31. The number of hydrogen-bond donors (Lipinski definition) is 2. The van der Waals surface area contributed by atoms with Gasteiger partial charge in [-0.2, -0.15) is 5.26 Å². The number of benzene rings is 2. The number of nitro groups is 1. The summed E-state index contributed by atoms with van der Waals surface area (Å²) in [5.41, 5.74) is 6.07. The van der Waals surface area contributed by atoms with Crippen molar-refractivity contribution in [1.29, 1.82) is 5.26 Å². The fourth-order valence-corrected chi connectivity index (χ4v) is 3.57. The molecule has 4 rings (SSSR count). The molecule has 0 spiro atoms. The lowest BCUT2D eigenvalue weighted by Gasteiger charge is -2.27. The van der Waals surface area contributed by atoms with Crippen LogP contribution in [0.5, 0.6) is 5.75 Å². The van der Waals surface area contributed by atoms with Gasteiger partial charge in [-0.05, 0) is 23.8 Å². The van der Waals surface area contributed by atoms with Crippen LogP contribution < -0.4 is 16.0 Å². The molecule has 2 heterocycles. The number of para-hydroxylation sites is 1. The minimum atomic E-state index is -1.01. The third-order valence-electron chi connectivity index (χ3n) is 4.59. The first kappa shape index (κ1) is 17.6. The molecule has 8 nitrogen and oxygen atoms in total. The number of rotatable bonds is 2. The molecule has 0 unspecified atom stereocenters. The summed E-state index contributed by atoms with van der Waals surface area (Å²) in [5.74, 6) is -0.990. The first-order valence-corrected chi connectivity index (χ1v) is 8.46. The monoisotopic (exact) mass is 394 g/mol. The molecule has 0 bridgehead atoms. The number of nitriles is 1. The standard InChI is InChI=1S/C19H11ClN4O4/c20-13-6-5-9(24(26)27)7-11(13)15-12(8-21)18(22)28-17-10-3-1-2-4-14(10)23-19(25)16(15)17/h1-7,15H,22H2,(H,23,25)/t15-/m1/s1. The Morgan fingerprint density at radius 3 is 2.75 bits per heavy atom. The summed E-state index contributed by atoms with van der Waals surface area (Å²) in [6.45, 7) is 0. The van der Waals surface area contributed by atoms with Crippen LogP contribution in [0.25, 0.3) is 10.9 Å². The summed E-state index contributed by atoms with van der Waals surface area (Å²) in [6.07, 6.45) is 0. The van der Waals surface area contributed by atoms with Gasteiger partial charge in [0.1, 0.15) is 17.4 Å². The molecular formula is C19H11ClN4O4. The second kappa shape index (κ2) is 6.40. The minimum Gasteiger partial charge on any atom is -0.439 e. The zero-order valence-corrected chi connectivity index (χ0v) is 14.9. The highest BCUT2D eigenvalue weighted by atomic mass is 35.5. The fourth-order valence-electron chi connectivity index (χ4n) is 3.35. The first-order chi connectivity index (χ1) is 13.4. The van der Waals surface area contributed by atoms with Crippen molar-refractivity contribution < 1.29 is 9.66 Å². The predicted molar refractivity (Wildman–Crippen MR) is 102 cm³/mol. The number of nitrogens with one attached hydrogen (secondary N) is 1. The molecule has 0 saturated heterocycles. The van der Waals surface area contributed by atoms with E-state index in [9.17, 15) is 20.2 Å². The smallest absolute Gasteiger partial charge is 0.269 e. The second-order valence-corrected chi connectivity index (χ2v) is 6.54. The zero-order valence-electron chi connectivity index (χ0n) is 14.1. The van der Waals surface area contributed by atoms with Crippen molar-refractivity contribution in [3.63, 3.8) is 0 Å². The number of nitrogens with zero attached hydrogens (tertiary/aromatic N) is 2. The predicted octanol–water partition coefficient (Wildman–Crippen LogP) is 3.31. The first-order valence-electron chi connectivity index (χ1n) is 8.08. The number of aromatic nitrogens is 1. The van der Waals surface area contributed by atoms with Gasteiger partial charge in [-0.15, -0.1) is 0 Å². The number of allylic oxidation sites excluding steroid dienone is 1. The number of non-ortho nitro benzene ring substituents is 1. The lowest BCUT2D eigenvalue weighted by atomic mass is 9.83. The zero-order chi connectivity index (χ0) is 20.0. The van der Waals surface area contributed by atoms with Crippen molar-refractivity contribution in [3.05, 3.63) is 90.5 Å². The number of fused-ring (bicyclic) bond motifs is 3. The summed E-state index contributed by atoms with van der Waals surface area (Å²) in [4.78, 5) is 26.3. The van der Waals surface area contributed by atoms with E-state index in [1.54, 1.807) is 24.3 Å². The Bertz CT molecular complexity index is 1290. The highest BCUT2D eigenvalue weighted by Gasteiger charge is 2.36. The minimum absolute atomic E-state index is 0.0457.